The predicted molar refractivity (Wildman–Crippen MR) is 99.8 cm³/mol. The number of benzene rings is 2. The van der Waals surface area contributed by atoms with Gasteiger partial charge in [-0.25, -0.2) is 13.1 Å². The third-order valence-corrected chi connectivity index (χ3v) is 4.60. The van der Waals surface area contributed by atoms with Crippen LogP contribution in [0.4, 0.5) is 5.69 Å². The van der Waals surface area contributed by atoms with Gasteiger partial charge in [-0.15, -0.1) is 0 Å². The van der Waals surface area contributed by atoms with E-state index in [4.69, 9.17) is 0 Å². The molecule has 0 aliphatic carbocycles. The van der Waals surface area contributed by atoms with E-state index in [-0.39, 0.29) is 18.9 Å². The Morgan fingerprint density at radius 1 is 1.08 bits per heavy atom. The second-order valence-corrected chi connectivity index (χ2v) is 7.53. The minimum absolute atomic E-state index is 0.0291. The zero-order valence-electron chi connectivity index (χ0n) is 12.8. The quantitative estimate of drug-likeness (QED) is 0.737. The predicted octanol–water partition coefficient (Wildman–Crippen LogP) is 3.37. The van der Waals surface area contributed by atoms with Gasteiger partial charge in [0.2, 0.25) is 15.9 Å². The van der Waals surface area contributed by atoms with E-state index in [2.05, 4.69) is 26.0 Å². The van der Waals surface area contributed by atoms with Crippen LogP contribution < -0.4 is 10.0 Å². The van der Waals surface area contributed by atoms with Gasteiger partial charge in [0.05, 0.1) is 0 Å². The standard InChI is InChI=1S/C17H17BrN2O3S/c18-15-7-4-8-16(13-15)20-17(21)9-11-19-24(22,23)12-10-14-5-2-1-3-6-14/h1-8,10,12-13,19H,9,11H2,(H,20,21). The molecule has 0 radical (unpaired) electrons. The number of halogens is 1. The van der Waals surface area contributed by atoms with Crippen LogP contribution in [0.15, 0.2) is 64.5 Å². The SMILES string of the molecule is O=C(CCNS(=O)(=O)C=Cc1ccccc1)Nc1cccc(Br)c1. The van der Waals surface area contributed by atoms with E-state index in [9.17, 15) is 13.2 Å². The van der Waals surface area contributed by atoms with E-state index >= 15 is 0 Å². The van der Waals surface area contributed by atoms with Gasteiger partial charge in [-0.3, -0.25) is 4.79 Å². The molecule has 0 saturated heterocycles. The van der Waals surface area contributed by atoms with Gasteiger partial charge in [0.15, 0.2) is 0 Å². The molecule has 0 unspecified atom stereocenters. The largest absolute Gasteiger partial charge is 0.326 e. The van der Waals surface area contributed by atoms with Gasteiger partial charge in [0.25, 0.3) is 0 Å². The molecule has 0 aliphatic rings. The maximum atomic E-state index is 11.9. The van der Waals surface area contributed by atoms with Gasteiger partial charge in [0, 0.05) is 28.5 Å². The second-order valence-electron chi connectivity index (χ2n) is 4.96. The molecule has 7 heteroatoms. The second kappa shape index (κ2) is 8.77. The molecule has 2 rings (SSSR count). The van der Waals surface area contributed by atoms with Crippen LogP contribution in [0.25, 0.3) is 6.08 Å². The fourth-order valence-electron chi connectivity index (χ4n) is 1.88. The highest BCUT2D eigenvalue weighted by Gasteiger charge is 2.07. The number of carbonyl (C=O) groups excluding carboxylic acids is 1. The molecule has 2 aromatic rings. The highest BCUT2D eigenvalue weighted by Crippen LogP contribution is 2.15. The fourth-order valence-corrected chi connectivity index (χ4v) is 3.10. The normalized spacial score (nSPS) is 11.5. The molecule has 2 N–H and O–H groups in total. The van der Waals surface area contributed by atoms with Crippen molar-refractivity contribution in [2.24, 2.45) is 0 Å². The number of carbonyl (C=O) groups is 1. The number of hydrogen-bond acceptors (Lipinski definition) is 3. The fraction of sp³-hybridized carbons (Fsp3) is 0.118. The molecule has 0 heterocycles. The van der Waals surface area contributed by atoms with Crippen LogP contribution in [-0.2, 0) is 14.8 Å². The van der Waals surface area contributed by atoms with Crippen LogP contribution in [0, 0.1) is 0 Å². The Labute approximate surface area is 150 Å². The Bertz CT molecular complexity index is 821. The Kier molecular flexibility index (Phi) is 6.72. The molecular formula is C17H17BrN2O3S. The lowest BCUT2D eigenvalue weighted by Gasteiger charge is -2.06. The van der Waals surface area contributed by atoms with Crippen molar-refractivity contribution in [2.75, 3.05) is 11.9 Å². The number of rotatable bonds is 7. The van der Waals surface area contributed by atoms with Crippen LogP contribution >= 0.6 is 15.9 Å². The Morgan fingerprint density at radius 2 is 1.83 bits per heavy atom. The molecule has 0 saturated carbocycles. The summed E-state index contributed by atoms with van der Waals surface area (Å²) in [5.74, 6) is -0.261. The lowest BCUT2D eigenvalue weighted by atomic mass is 10.2. The number of anilines is 1. The molecule has 1 amide bonds. The number of nitrogens with one attached hydrogen (secondary N) is 2. The summed E-state index contributed by atoms with van der Waals surface area (Å²) in [5.41, 5.74) is 1.44. The van der Waals surface area contributed by atoms with Crippen molar-refractivity contribution in [1.82, 2.24) is 4.72 Å². The average Bonchev–Trinajstić information content (AvgIpc) is 2.54. The van der Waals surface area contributed by atoms with Crippen molar-refractivity contribution in [2.45, 2.75) is 6.42 Å². The van der Waals surface area contributed by atoms with Crippen LogP contribution in [0.3, 0.4) is 0 Å². The summed E-state index contributed by atoms with van der Waals surface area (Å²) in [6.07, 6.45) is 1.55. The van der Waals surface area contributed by atoms with Crippen LogP contribution in [-0.4, -0.2) is 20.9 Å². The zero-order valence-corrected chi connectivity index (χ0v) is 15.2. The molecule has 0 fully saturated rings. The first kappa shape index (κ1) is 18.4. The van der Waals surface area contributed by atoms with Crippen molar-refractivity contribution in [3.8, 4) is 0 Å². The molecule has 24 heavy (non-hydrogen) atoms. The molecule has 0 spiro atoms. The highest BCUT2D eigenvalue weighted by molar-refractivity contribution is 9.10. The van der Waals surface area contributed by atoms with Crippen molar-refractivity contribution in [3.63, 3.8) is 0 Å². The Balaban J connectivity index is 1.80. The van der Waals surface area contributed by atoms with E-state index < -0.39 is 10.0 Å². The van der Waals surface area contributed by atoms with E-state index in [0.717, 1.165) is 15.4 Å². The Hall–Kier alpha value is -1.96. The summed E-state index contributed by atoms with van der Waals surface area (Å²) in [7, 11) is -3.57. The van der Waals surface area contributed by atoms with Crippen molar-refractivity contribution >= 4 is 43.6 Å². The topological polar surface area (TPSA) is 75.3 Å². The van der Waals surface area contributed by atoms with Crippen LogP contribution in [0.5, 0.6) is 0 Å². The lowest BCUT2D eigenvalue weighted by Crippen LogP contribution is -2.26. The maximum Gasteiger partial charge on any atom is 0.233 e. The van der Waals surface area contributed by atoms with E-state index in [1.165, 1.54) is 6.08 Å². The van der Waals surface area contributed by atoms with Gasteiger partial charge < -0.3 is 5.32 Å². The van der Waals surface area contributed by atoms with E-state index in [1.807, 2.05) is 24.3 Å². The Morgan fingerprint density at radius 3 is 2.54 bits per heavy atom. The lowest BCUT2D eigenvalue weighted by molar-refractivity contribution is -0.116. The van der Waals surface area contributed by atoms with Crippen LogP contribution in [0.1, 0.15) is 12.0 Å². The first-order valence-electron chi connectivity index (χ1n) is 7.23. The zero-order chi connectivity index (χ0) is 17.4. The van der Waals surface area contributed by atoms with Crippen LogP contribution in [0.2, 0.25) is 0 Å². The average molecular weight is 409 g/mol. The molecule has 5 nitrogen and oxygen atoms in total. The number of sulfonamides is 1. The molecule has 0 aliphatic heterocycles. The van der Waals surface area contributed by atoms with E-state index in [1.54, 1.807) is 30.3 Å². The smallest absolute Gasteiger partial charge is 0.233 e. The molecule has 0 atom stereocenters. The summed E-state index contributed by atoms with van der Waals surface area (Å²) in [4.78, 5) is 11.8. The number of amides is 1. The summed E-state index contributed by atoms with van der Waals surface area (Å²) in [6.45, 7) is 0.0291. The van der Waals surface area contributed by atoms with Gasteiger partial charge in [-0.2, -0.15) is 0 Å². The molecule has 126 valence electrons. The third-order valence-electron chi connectivity index (χ3n) is 3.00. The molecule has 0 bridgehead atoms. The molecular weight excluding hydrogens is 392 g/mol. The summed E-state index contributed by atoms with van der Waals surface area (Å²) < 4.78 is 26.9. The monoisotopic (exact) mass is 408 g/mol. The van der Waals surface area contributed by atoms with Gasteiger partial charge >= 0.3 is 0 Å². The van der Waals surface area contributed by atoms with E-state index in [0.29, 0.717) is 5.69 Å². The van der Waals surface area contributed by atoms with Crippen molar-refractivity contribution < 1.29 is 13.2 Å². The summed E-state index contributed by atoms with van der Waals surface area (Å²) >= 11 is 3.32. The molecule has 0 aromatic heterocycles. The first-order chi connectivity index (χ1) is 11.4. The minimum atomic E-state index is -3.57. The summed E-state index contributed by atoms with van der Waals surface area (Å²) in [5, 5.41) is 3.80. The first-order valence-corrected chi connectivity index (χ1v) is 9.57. The number of hydrogen-bond donors (Lipinski definition) is 2. The van der Waals surface area contributed by atoms with Gasteiger partial charge in [-0.05, 0) is 29.8 Å². The highest BCUT2D eigenvalue weighted by atomic mass is 79.9. The van der Waals surface area contributed by atoms with Crippen molar-refractivity contribution in [3.05, 3.63) is 70.0 Å². The summed E-state index contributed by atoms with van der Waals surface area (Å²) in [6, 6.07) is 16.3. The van der Waals surface area contributed by atoms with Gasteiger partial charge in [-0.1, -0.05) is 52.3 Å². The third kappa shape index (κ3) is 6.66. The minimum Gasteiger partial charge on any atom is -0.326 e. The maximum absolute atomic E-state index is 11.9. The van der Waals surface area contributed by atoms with Gasteiger partial charge in [0.1, 0.15) is 0 Å². The molecule has 2 aromatic carbocycles. The van der Waals surface area contributed by atoms with Crippen molar-refractivity contribution in [1.29, 1.82) is 0 Å².